The first-order chi connectivity index (χ1) is 15.1. The van der Waals surface area contributed by atoms with Crippen molar-refractivity contribution in [2.24, 2.45) is 0 Å². The van der Waals surface area contributed by atoms with Gasteiger partial charge < -0.3 is 15.0 Å². The molecule has 31 heavy (non-hydrogen) atoms. The lowest BCUT2D eigenvalue weighted by Gasteiger charge is -2.35. The summed E-state index contributed by atoms with van der Waals surface area (Å²) in [6.45, 7) is 2.13. The molecule has 0 saturated carbocycles. The van der Waals surface area contributed by atoms with Crippen LogP contribution < -0.4 is 10.9 Å². The maximum absolute atomic E-state index is 13.1. The van der Waals surface area contributed by atoms with E-state index in [1.807, 2.05) is 24.3 Å². The molecule has 5 rings (SSSR count). The number of nitrogens with zero attached hydrogens (tertiary/aromatic N) is 1. The molecule has 3 aromatic rings. The van der Waals surface area contributed by atoms with Gasteiger partial charge in [-0.15, -0.1) is 0 Å². The van der Waals surface area contributed by atoms with E-state index in [1.165, 1.54) is 22.3 Å². The highest BCUT2D eigenvalue weighted by Gasteiger charge is 2.32. The molecule has 1 unspecified atom stereocenters. The summed E-state index contributed by atoms with van der Waals surface area (Å²) in [4.78, 5) is 29.3. The second-order valence-corrected chi connectivity index (χ2v) is 8.68. The normalized spacial score (nSPS) is 17.8. The summed E-state index contributed by atoms with van der Waals surface area (Å²) in [5.41, 5.74) is 5.46. The number of hydrogen-bond acceptors (Lipinski definition) is 4. The van der Waals surface area contributed by atoms with Gasteiger partial charge in [0, 0.05) is 31.7 Å². The van der Waals surface area contributed by atoms with E-state index in [2.05, 4.69) is 50.5 Å². The van der Waals surface area contributed by atoms with Gasteiger partial charge in [0.1, 0.15) is 6.61 Å². The number of H-pyrrole nitrogens is 1. The van der Waals surface area contributed by atoms with Crippen LogP contribution in [-0.4, -0.2) is 42.2 Å². The molecule has 0 bridgehead atoms. The van der Waals surface area contributed by atoms with E-state index >= 15 is 0 Å². The Morgan fingerprint density at radius 2 is 1.77 bits per heavy atom. The van der Waals surface area contributed by atoms with Gasteiger partial charge in [-0.05, 0) is 49.8 Å². The average molecular weight is 480 g/mol. The molecular formula is C24H22BrN3O3. The fraction of sp³-hybridized carbons (Fsp3) is 0.250. The van der Waals surface area contributed by atoms with Crippen molar-refractivity contribution in [3.8, 4) is 11.1 Å². The molecule has 2 aromatic carbocycles. The van der Waals surface area contributed by atoms with Gasteiger partial charge in [-0.25, -0.2) is 4.79 Å². The van der Waals surface area contributed by atoms with Crippen LogP contribution in [0.15, 0.2) is 70.1 Å². The van der Waals surface area contributed by atoms with Gasteiger partial charge >= 0.3 is 6.09 Å². The van der Waals surface area contributed by atoms with Gasteiger partial charge in [-0.2, -0.15) is 0 Å². The minimum atomic E-state index is -0.337. The van der Waals surface area contributed by atoms with E-state index in [-0.39, 0.29) is 23.6 Å². The predicted octanol–water partition coefficient (Wildman–Crippen LogP) is 4.03. The van der Waals surface area contributed by atoms with Crippen LogP contribution in [0.2, 0.25) is 0 Å². The number of hydrogen-bond donors (Lipinski definition) is 2. The predicted molar refractivity (Wildman–Crippen MR) is 122 cm³/mol. The Labute approximate surface area is 188 Å². The number of halogens is 1. The number of amides is 1. The van der Waals surface area contributed by atoms with Crippen molar-refractivity contribution in [3.05, 3.63) is 92.3 Å². The number of pyridine rings is 1. The van der Waals surface area contributed by atoms with E-state index in [0.717, 1.165) is 5.56 Å². The number of carbonyl (C=O) groups excluding carboxylic acids is 1. The third-order valence-corrected chi connectivity index (χ3v) is 6.67. The number of ether oxygens (including phenoxy) is 1. The molecule has 1 saturated heterocycles. The van der Waals surface area contributed by atoms with Gasteiger partial charge in [0.05, 0.1) is 10.5 Å². The van der Waals surface area contributed by atoms with Crippen molar-refractivity contribution >= 4 is 22.0 Å². The molecule has 2 N–H and O–H groups in total. The van der Waals surface area contributed by atoms with Gasteiger partial charge in [-0.3, -0.25) is 9.69 Å². The molecule has 158 valence electrons. The highest BCUT2D eigenvalue weighted by Crippen LogP contribution is 2.44. The van der Waals surface area contributed by atoms with Gasteiger partial charge in [0.15, 0.2) is 0 Å². The first-order valence-electron chi connectivity index (χ1n) is 10.3. The molecule has 1 aromatic heterocycles. The van der Waals surface area contributed by atoms with Gasteiger partial charge in [-0.1, -0.05) is 48.5 Å². The monoisotopic (exact) mass is 479 g/mol. The first kappa shape index (κ1) is 20.0. The zero-order valence-electron chi connectivity index (χ0n) is 16.8. The van der Waals surface area contributed by atoms with Crippen molar-refractivity contribution in [1.29, 1.82) is 0 Å². The molecule has 1 atom stereocenters. The molecule has 1 fully saturated rings. The lowest BCUT2D eigenvalue weighted by molar-refractivity contribution is 0.0751. The van der Waals surface area contributed by atoms with Crippen LogP contribution >= 0.6 is 15.9 Å². The lowest BCUT2D eigenvalue weighted by Crippen LogP contribution is -2.49. The SMILES string of the molecule is O=C(OCC1c2ccccc2-c2ccccc21)N1CCNCC1c1c[nH]c(=O)c(Br)c1. The van der Waals surface area contributed by atoms with Crippen molar-refractivity contribution in [1.82, 2.24) is 15.2 Å². The van der Waals surface area contributed by atoms with Crippen LogP contribution in [0.4, 0.5) is 4.79 Å². The minimum absolute atomic E-state index is 0.0277. The number of aromatic nitrogens is 1. The highest BCUT2D eigenvalue weighted by atomic mass is 79.9. The number of piperazine rings is 1. The number of aromatic amines is 1. The van der Waals surface area contributed by atoms with E-state index in [4.69, 9.17) is 4.74 Å². The summed E-state index contributed by atoms with van der Waals surface area (Å²) in [6, 6.07) is 18.2. The summed E-state index contributed by atoms with van der Waals surface area (Å²) in [5.74, 6) is 0.0277. The molecule has 7 heteroatoms. The van der Waals surface area contributed by atoms with Crippen LogP contribution in [0.5, 0.6) is 0 Å². The quantitative estimate of drug-likeness (QED) is 0.594. The largest absolute Gasteiger partial charge is 0.448 e. The summed E-state index contributed by atoms with van der Waals surface area (Å²) in [7, 11) is 0. The van der Waals surface area contributed by atoms with Crippen molar-refractivity contribution in [2.45, 2.75) is 12.0 Å². The Bertz CT molecular complexity index is 1150. The summed E-state index contributed by atoms with van der Waals surface area (Å²) in [5, 5.41) is 3.32. The summed E-state index contributed by atoms with van der Waals surface area (Å²) in [6.07, 6.45) is 1.32. The zero-order valence-corrected chi connectivity index (χ0v) is 18.4. The Morgan fingerprint density at radius 1 is 1.10 bits per heavy atom. The van der Waals surface area contributed by atoms with Crippen LogP contribution in [-0.2, 0) is 4.74 Å². The molecular weight excluding hydrogens is 458 g/mol. The molecule has 0 radical (unpaired) electrons. The summed E-state index contributed by atoms with van der Waals surface area (Å²) >= 11 is 3.28. The standard InChI is InChI=1S/C24H22BrN3O3/c25-21-11-15(12-27-23(21)29)22-13-26-9-10-28(22)24(30)31-14-20-18-7-3-1-5-16(18)17-6-2-4-8-19(17)20/h1-8,11-12,20,22,26H,9-10,13-14H2,(H,27,29). The minimum Gasteiger partial charge on any atom is -0.448 e. The average Bonchev–Trinajstić information content (AvgIpc) is 3.13. The lowest BCUT2D eigenvalue weighted by atomic mass is 9.98. The third kappa shape index (κ3) is 3.68. The van der Waals surface area contributed by atoms with Crippen molar-refractivity contribution in [3.63, 3.8) is 0 Å². The zero-order chi connectivity index (χ0) is 21.4. The number of carbonyl (C=O) groups is 1. The first-order valence-corrected chi connectivity index (χ1v) is 11.1. The Kier molecular flexibility index (Phi) is 5.38. The molecule has 1 aliphatic heterocycles. The highest BCUT2D eigenvalue weighted by molar-refractivity contribution is 9.10. The Morgan fingerprint density at radius 3 is 2.45 bits per heavy atom. The maximum Gasteiger partial charge on any atom is 0.410 e. The topological polar surface area (TPSA) is 74.4 Å². The maximum atomic E-state index is 13.1. The number of fused-ring (bicyclic) bond motifs is 3. The molecule has 2 aliphatic rings. The van der Waals surface area contributed by atoms with Crippen molar-refractivity contribution < 1.29 is 9.53 Å². The van der Waals surface area contributed by atoms with E-state index in [1.54, 1.807) is 17.2 Å². The second-order valence-electron chi connectivity index (χ2n) is 7.83. The van der Waals surface area contributed by atoms with E-state index in [9.17, 15) is 9.59 Å². The van der Waals surface area contributed by atoms with Crippen LogP contribution in [0.25, 0.3) is 11.1 Å². The molecule has 6 nitrogen and oxygen atoms in total. The Balaban J connectivity index is 1.36. The number of nitrogens with one attached hydrogen (secondary N) is 2. The Hall–Kier alpha value is -2.90. The fourth-order valence-corrected chi connectivity index (χ4v) is 4.94. The van der Waals surface area contributed by atoms with Crippen LogP contribution in [0.1, 0.15) is 28.7 Å². The molecule has 1 aliphatic carbocycles. The van der Waals surface area contributed by atoms with E-state index < -0.39 is 0 Å². The molecule has 0 spiro atoms. The van der Waals surface area contributed by atoms with Crippen LogP contribution in [0, 0.1) is 0 Å². The van der Waals surface area contributed by atoms with Gasteiger partial charge in [0.2, 0.25) is 0 Å². The van der Waals surface area contributed by atoms with Crippen molar-refractivity contribution in [2.75, 3.05) is 26.2 Å². The van der Waals surface area contributed by atoms with Gasteiger partial charge in [0.25, 0.3) is 5.56 Å². The molecule has 1 amide bonds. The van der Waals surface area contributed by atoms with Crippen LogP contribution in [0.3, 0.4) is 0 Å². The summed E-state index contributed by atoms with van der Waals surface area (Å²) < 4.78 is 6.31. The molecule has 2 heterocycles. The smallest absolute Gasteiger partial charge is 0.410 e. The number of benzene rings is 2. The second kappa shape index (κ2) is 8.32. The fourth-order valence-electron chi connectivity index (χ4n) is 4.56. The van der Waals surface area contributed by atoms with E-state index in [0.29, 0.717) is 30.7 Å². The number of rotatable bonds is 3. The third-order valence-electron chi connectivity index (χ3n) is 6.08.